The fourth-order valence-corrected chi connectivity index (χ4v) is 5.00. The zero-order chi connectivity index (χ0) is 22.2. The molecular weight excluding hydrogens is 435 g/mol. The molecule has 0 radical (unpaired) electrons. The van der Waals surface area contributed by atoms with Crippen LogP contribution >= 0.6 is 23.2 Å². The third-order valence-electron chi connectivity index (χ3n) is 6.43. The summed E-state index contributed by atoms with van der Waals surface area (Å²) in [5.74, 6) is 0.867. The van der Waals surface area contributed by atoms with E-state index in [0.717, 1.165) is 25.1 Å². The van der Waals surface area contributed by atoms with Gasteiger partial charge in [-0.05, 0) is 50.6 Å². The maximum atomic E-state index is 13.2. The van der Waals surface area contributed by atoms with Crippen molar-refractivity contribution in [1.29, 1.82) is 0 Å². The summed E-state index contributed by atoms with van der Waals surface area (Å²) in [5.41, 5.74) is 6.82. The number of rotatable bonds is 5. The zero-order valence-electron chi connectivity index (χ0n) is 17.8. The Balaban J connectivity index is 1.62. The number of halogens is 2. The predicted octanol–water partition coefficient (Wildman–Crippen LogP) is 3.98. The number of nitrogens with one attached hydrogen (secondary N) is 1. The molecule has 3 heterocycles. The highest BCUT2D eigenvalue weighted by molar-refractivity contribution is 6.42. The van der Waals surface area contributed by atoms with E-state index in [1.807, 2.05) is 36.9 Å². The number of anilines is 1. The van der Waals surface area contributed by atoms with Crippen molar-refractivity contribution in [3.63, 3.8) is 0 Å². The maximum Gasteiger partial charge on any atom is 0.227 e. The third-order valence-corrected chi connectivity index (χ3v) is 7.17. The molecule has 0 bridgehead atoms. The molecule has 2 aliphatic heterocycles. The molecule has 1 aromatic heterocycles. The molecular formula is C23H28Cl2N4O2. The van der Waals surface area contributed by atoms with Crippen LogP contribution in [0.2, 0.25) is 10.0 Å². The van der Waals surface area contributed by atoms with Crippen LogP contribution in [0.25, 0.3) is 0 Å². The molecule has 2 aliphatic rings. The van der Waals surface area contributed by atoms with Gasteiger partial charge in [-0.25, -0.2) is 4.98 Å². The number of amides is 1. The Morgan fingerprint density at radius 1 is 1.23 bits per heavy atom. The van der Waals surface area contributed by atoms with E-state index in [0.29, 0.717) is 34.7 Å². The van der Waals surface area contributed by atoms with Crippen molar-refractivity contribution in [3.8, 4) is 5.88 Å². The Labute approximate surface area is 193 Å². The number of nitrogens with two attached hydrogens (primary N) is 1. The van der Waals surface area contributed by atoms with Crippen LogP contribution in [0.5, 0.6) is 5.88 Å². The Hall–Kier alpha value is -2.02. The van der Waals surface area contributed by atoms with Gasteiger partial charge in [-0.2, -0.15) is 0 Å². The molecule has 0 spiro atoms. The Morgan fingerprint density at radius 3 is 2.68 bits per heavy atom. The quantitative estimate of drug-likeness (QED) is 0.701. The minimum Gasteiger partial charge on any atom is -0.471 e. The van der Waals surface area contributed by atoms with Crippen molar-refractivity contribution in [3.05, 3.63) is 52.1 Å². The summed E-state index contributed by atoms with van der Waals surface area (Å²) in [6.45, 7) is 6.97. The molecule has 2 aromatic rings. The van der Waals surface area contributed by atoms with Crippen molar-refractivity contribution in [2.24, 2.45) is 11.8 Å². The van der Waals surface area contributed by atoms with Crippen LogP contribution in [0.15, 0.2) is 36.5 Å². The molecule has 166 valence electrons. The lowest BCUT2D eigenvalue weighted by molar-refractivity contribution is -0.134. The number of carbonyl (C=O) groups excluding carboxylic acids is 1. The normalized spacial score (nSPS) is 23.9. The molecule has 2 saturated heterocycles. The summed E-state index contributed by atoms with van der Waals surface area (Å²) < 4.78 is 6.32. The van der Waals surface area contributed by atoms with Crippen LogP contribution in [0, 0.1) is 11.8 Å². The molecule has 6 nitrogen and oxygen atoms in total. The summed E-state index contributed by atoms with van der Waals surface area (Å²) in [4.78, 5) is 19.5. The van der Waals surface area contributed by atoms with Gasteiger partial charge < -0.3 is 20.7 Å². The minimum atomic E-state index is -0.581. The van der Waals surface area contributed by atoms with Gasteiger partial charge in [0.2, 0.25) is 11.8 Å². The lowest BCUT2D eigenvalue weighted by Crippen LogP contribution is -2.42. The first-order valence-corrected chi connectivity index (χ1v) is 11.3. The lowest BCUT2D eigenvalue weighted by atomic mass is 9.79. The summed E-state index contributed by atoms with van der Waals surface area (Å²) in [6.07, 6.45) is 2.46. The Kier molecular flexibility index (Phi) is 6.33. The average Bonchev–Trinajstić information content (AvgIpc) is 3.42. The van der Waals surface area contributed by atoms with Gasteiger partial charge >= 0.3 is 0 Å². The first-order chi connectivity index (χ1) is 14.7. The van der Waals surface area contributed by atoms with E-state index in [1.165, 1.54) is 0 Å². The highest BCUT2D eigenvalue weighted by Gasteiger charge is 2.47. The fourth-order valence-electron chi connectivity index (χ4n) is 4.69. The Bertz CT molecular complexity index is 945. The van der Waals surface area contributed by atoms with Gasteiger partial charge in [-0.1, -0.05) is 29.3 Å². The number of aromatic nitrogens is 1. The number of pyridine rings is 1. The molecule has 4 rings (SSSR count). The summed E-state index contributed by atoms with van der Waals surface area (Å²) in [7, 11) is 0. The van der Waals surface area contributed by atoms with E-state index < -0.39 is 5.60 Å². The molecule has 31 heavy (non-hydrogen) atoms. The summed E-state index contributed by atoms with van der Waals surface area (Å²) in [6, 6.07) is 9.26. The maximum absolute atomic E-state index is 13.2. The number of nitrogen functional groups attached to an aromatic ring is 1. The second-order valence-electron chi connectivity index (χ2n) is 8.95. The molecule has 0 saturated carbocycles. The van der Waals surface area contributed by atoms with Gasteiger partial charge in [0.25, 0.3) is 0 Å². The molecule has 8 heteroatoms. The number of benzene rings is 1. The van der Waals surface area contributed by atoms with Crippen LogP contribution in [0.3, 0.4) is 0 Å². The second kappa shape index (κ2) is 8.85. The number of hydrogen-bond acceptors (Lipinski definition) is 5. The topological polar surface area (TPSA) is 80.5 Å². The SMILES string of the molecule is CC(C)(Oc1ccc(N)cn1)[C@H]1CN(C(=O)[C@@H]2CCNC2)C[C@@H]1c1ccc(Cl)c(Cl)c1. The van der Waals surface area contributed by atoms with E-state index >= 15 is 0 Å². The standard InChI is InChI=1S/C23H28Cl2N4O2/c1-23(2,31-21-6-4-16(26)11-28-21)18-13-29(22(30)15-7-8-27-10-15)12-17(18)14-3-5-19(24)20(25)9-14/h3-6,9,11,15,17-18,27H,7-8,10,12-13,26H2,1-2H3/t15-,17-,18+/m1/s1. The number of nitrogens with zero attached hydrogens (tertiary/aromatic N) is 2. The van der Waals surface area contributed by atoms with Crippen LogP contribution in [-0.2, 0) is 4.79 Å². The van der Waals surface area contributed by atoms with Gasteiger partial charge in [0, 0.05) is 37.5 Å². The molecule has 3 N–H and O–H groups in total. The fraction of sp³-hybridized carbons (Fsp3) is 0.478. The van der Waals surface area contributed by atoms with E-state index in [4.69, 9.17) is 33.7 Å². The smallest absolute Gasteiger partial charge is 0.227 e. The van der Waals surface area contributed by atoms with Crippen LogP contribution in [-0.4, -0.2) is 47.6 Å². The van der Waals surface area contributed by atoms with Gasteiger partial charge in [0.05, 0.1) is 27.8 Å². The highest BCUT2D eigenvalue weighted by Crippen LogP contribution is 2.42. The minimum absolute atomic E-state index is 0.0380. The summed E-state index contributed by atoms with van der Waals surface area (Å²) >= 11 is 12.5. The number of ether oxygens (including phenoxy) is 1. The molecule has 1 aromatic carbocycles. The van der Waals surface area contributed by atoms with Crippen molar-refractivity contribution < 1.29 is 9.53 Å². The van der Waals surface area contributed by atoms with Gasteiger partial charge in [-0.3, -0.25) is 4.79 Å². The van der Waals surface area contributed by atoms with Crippen molar-refractivity contribution in [1.82, 2.24) is 15.2 Å². The molecule has 0 unspecified atom stereocenters. The van der Waals surface area contributed by atoms with Crippen LogP contribution in [0.1, 0.15) is 31.7 Å². The molecule has 2 fully saturated rings. The van der Waals surface area contributed by atoms with Crippen LogP contribution in [0.4, 0.5) is 5.69 Å². The predicted molar refractivity (Wildman–Crippen MR) is 124 cm³/mol. The van der Waals surface area contributed by atoms with E-state index in [-0.39, 0.29) is 23.7 Å². The van der Waals surface area contributed by atoms with Crippen molar-refractivity contribution >= 4 is 34.8 Å². The lowest BCUT2D eigenvalue weighted by Gasteiger charge is -2.35. The summed E-state index contributed by atoms with van der Waals surface area (Å²) in [5, 5.41) is 4.32. The van der Waals surface area contributed by atoms with E-state index in [9.17, 15) is 4.79 Å². The average molecular weight is 463 g/mol. The van der Waals surface area contributed by atoms with E-state index in [1.54, 1.807) is 18.3 Å². The molecule has 1 amide bonds. The molecule has 0 aliphatic carbocycles. The van der Waals surface area contributed by atoms with Crippen molar-refractivity contribution in [2.75, 3.05) is 31.9 Å². The second-order valence-corrected chi connectivity index (χ2v) is 9.77. The highest BCUT2D eigenvalue weighted by atomic mass is 35.5. The first-order valence-electron chi connectivity index (χ1n) is 10.6. The van der Waals surface area contributed by atoms with Gasteiger partial charge in [0.15, 0.2) is 0 Å². The van der Waals surface area contributed by atoms with Gasteiger partial charge in [0.1, 0.15) is 5.60 Å². The largest absolute Gasteiger partial charge is 0.471 e. The monoisotopic (exact) mass is 462 g/mol. The first kappa shape index (κ1) is 22.2. The molecule has 3 atom stereocenters. The zero-order valence-corrected chi connectivity index (χ0v) is 19.3. The van der Waals surface area contributed by atoms with Gasteiger partial charge in [-0.15, -0.1) is 0 Å². The number of carbonyl (C=O) groups is 1. The van der Waals surface area contributed by atoms with Crippen molar-refractivity contribution in [2.45, 2.75) is 31.8 Å². The number of likely N-dealkylation sites (tertiary alicyclic amines) is 1. The van der Waals surface area contributed by atoms with Crippen LogP contribution < -0.4 is 15.8 Å². The van der Waals surface area contributed by atoms with E-state index in [2.05, 4.69) is 10.3 Å². The Morgan fingerprint density at radius 2 is 2.03 bits per heavy atom. The third kappa shape index (κ3) is 4.76. The number of hydrogen-bond donors (Lipinski definition) is 2.